The number of carbonyl (C=O) groups is 1. The average Bonchev–Trinajstić information content (AvgIpc) is 2.62. The van der Waals surface area contributed by atoms with Crippen molar-refractivity contribution in [1.29, 1.82) is 0 Å². The van der Waals surface area contributed by atoms with Gasteiger partial charge in [-0.05, 0) is 24.0 Å². The number of hydrogen-bond acceptors (Lipinski definition) is 5. The Kier molecular flexibility index (Phi) is 3.28. The number of rotatable bonds is 1. The summed E-state index contributed by atoms with van der Waals surface area (Å²) in [5.41, 5.74) is 10.7. The average molecular weight is 289 g/mol. The van der Waals surface area contributed by atoms with Gasteiger partial charge in [-0.3, -0.25) is 10.2 Å². The molecule has 3 rings (SSSR count). The molecule has 0 radical (unpaired) electrons. The molecule has 1 aliphatic carbocycles. The standard InChI is InChI=1S/C14H13ClN4O/c15-11-4-2-1-3-9(11)8-5-12-10(13(20)6-8)7-17-14(16)19-18-12/h1-4,7-8,18H,5-6H2,(H2,16,19). The van der Waals surface area contributed by atoms with Gasteiger partial charge in [-0.25, -0.2) is 4.99 Å². The van der Waals surface area contributed by atoms with Crippen LogP contribution in [-0.2, 0) is 4.79 Å². The van der Waals surface area contributed by atoms with Gasteiger partial charge >= 0.3 is 0 Å². The van der Waals surface area contributed by atoms with Gasteiger partial charge in [0.2, 0.25) is 5.96 Å². The maximum Gasteiger partial charge on any atom is 0.237 e. The molecule has 3 N–H and O–H groups in total. The number of benzene rings is 1. The van der Waals surface area contributed by atoms with E-state index in [1.165, 1.54) is 6.21 Å². The van der Waals surface area contributed by atoms with Gasteiger partial charge < -0.3 is 5.73 Å². The van der Waals surface area contributed by atoms with E-state index in [4.69, 9.17) is 17.3 Å². The van der Waals surface area contributed by atoms with E-state index in [0.29, 0.717) is 23.4 Å². The zero-order valence-corrected chi connectivity index (χ0v) is 11.4. The number of halogens is 1. The minimum atomic E-state index is 0.0253. The number of hydrogen-bond donors (Lipinski definition) is 2. The molecule has 1 atom stereocenters. The minimum Gasteiger partial charge on any atom is -0.367 e. The number of hydrazone groups is 1. The third-order valence-corrected chi connectivity index (χ3v) is 3.83. The first-order valence-electron chi connectivity index (χ1n) is 6.29. The normalized spacial score (nSPS) is 21.9. The van der Waals surface area contributed by atoms with Crippen LogP contribution in [0.3, 0.4) is 0 Å². The molecule has 2 aliphatic rings. The number of nitrogens with zero attached hydrogens (tertiary/aromatic N) is 2. The summed E-state index contributed by atoms with van der Waals surface area (Å²) in [6.07, 6.45) is 2.56. The highest BCUT2D eigenvalue weighted by atomic mass is 35.5. The largest absolute Gasteiger partial charge is 0.367 e. The Bertz CT molecular complexity index is 663. The maximum atomic E-state index is 12.3. The molecule has 1 unspecified atom stereocenters. The van der Waals surface area contributed by atoms with Crippen molar-refractivity contribution in [1.82, 2.24) is 5.43 Å². The molecule has 0 fully saturated rings. The Hall–Kier alpha value is -2.14. The van der Waals surface area contributed by atoms with Gasteiger partial charge in [-0.2, -0.15) is 0 Å². The summed E-state index contributed by atoms with van der Waals surface area (Å²) in [5, 5.41) is 4.58. The molecule has 0 aromatic heterocycles. The lowest BCUT2D eigenvalue weighted by Crippen LogP contribution is -2.24. The first kappa shape index (κ1) is 12.9. The molecule has 1 aromatic carbocycles. The van der Waals surface area contributed by atoms with E-state index in [9.17, 15) is 4.79 Å². The SMILES string of the molecule is NC1=NNC2=C(C=N1)C(=O)CC(c1ccccc1Cl)C2. The van der Waals surface area contributed by atoms with E-state index in [1.807, 2.05) is 24.3 Å². The molecule has 20 heavy (non-hydrogen) atoms. The summed E-state index contributed by atoms with van der Waals surface area (Å²) in [6.45, 7) is 0. The van der Waals surface area contributed by atoms with Crippen LogP contribution in [0.25, 0.3) is 0 Å². The molecule has 1 aromatic rings. The smallest absolute Gasteiger partial charge is 0.237 e. The summed E-state index contributed by atoms with van der Waals surface area (Å²) in [4.78, 5) is 16.2. The molecular weight excluding hydrogens is 276 g/mol. The van der Waals surface area contributed by atoms with Crippen LogP contribution in [0.2, 0.25) is 5.02 Å². The number of carbonyl (C=O) groups excluding carboxylic acids is 1. The second-order valence-electron chi connectivity index (χ2n) is 4.78. The van der Waals surface area contributed by atoms with Crippen LogP contribution >= 0.6 is 11.6 Å². The quantitative estimate of drug-likeness (QED) is 0.829. The van der Waals surface area contributed by atoms with Gasteiger partial charge in [-0.15, -0.1) is 5.10 Å². The van der Waals surface area contributed by atoms with Crippen LogP contribution in [0.1, 0.15) is 24.3 Å². The summed E-state index contributed by atoms with van der Waals surface area (Å²) in [7, 11) is 0. The van der Waals surface area contributed by atoms with Crippen LogP contribution in [0.4, 0.5) is 0 Å². The van der Waals surface area contributed by atoms with E-state index >= 15 is 0 Å². The minimum absolute atomic E-state index is 0.0253. The van der Waals surface area contributed by atoms with Crippen molar-refractivity contribution in [2.24, 2.45) is 15.8 Å². The van der Waals surface area contributed by atoms with Crippen molar-refractivity contribution >= 4 is 29.6 Å². The molecule has 0 saturated heterocycles. The fourth-order valence-electron chi connectivity index (χ4n) is 2.50. The molecule has 0 amide bonds. The van der Waals surface area contributed by atoms with Crippen LogP contribution < -0.4 is 11.2 Å². The zero-order chi connectivity index (χ0) is 14.1. The highest BCUT2D eigenvalue weighted by Gasteiger charge is 2.29. The van der Waals surface area contributed by atoms with Crippen molar-refractivity contribution in [3.63, 3.8) is 0 Å². The first-order valence-corrected chi connectivity index (χ1v) is 6.67. The van der Waals surface area contributed by atoms with E-state index in [-0.39, 0.29) is 17.7 Å². The third-order valence-electron chi connectivity index (χ3n) is 3.48. The van der Waals surface area contributed by atoms with Gasteiger partial charge in [0, 0.05) is 23.4 Å². The Morgan fingerprint density at radius 2 is 2.10 bits per heavy atom. The molecule has 0 spiro atoms. The fraction of sp³-hybridized carbons (Fsp3) is 0.214. The van der Waals surface area contributed by atoms with Gasteiger partial charge in [0.1, 0.15) is 0 Å². The Morgan fingerprint density at radius 1 is 1.30 bits per heavy atom. The number of nitrogens with two attached hydrogens (primary N) is 1. The highest BCUT2D eigenvalue weighted by molar-refractivity contribution is 6.31. The molecule has 0 bridgehead atoms. The monoisotopic (exact) mass is 288 g/mol. The lowest BCUT2D eigenvalue weighted by Gasteiger charge is -2.24. The predicted octanol–water partition coefficient (Wildman–Crippen LogP) is 1.94. The molecule has 6 heteroatoms. The van der Waals surface area contributed by atoms with Crippen molar-refractivity contribution in [3.05, 3.63) is 46.1 Å². The number of Topliss-reactive ketones (excluding diaryl/α,β-unsaturated/α-hetero) is 1. The lowest BCUT2D eigenvalue weighted by atomic mass is 9.82. The summed E-state index contributed by atoms with van der Waals surface area (Å²) >= 11 is 6.21. The van der Waals surface area contributed by atoms with Crippen LogP contribution in [-0.4, -0.2) is 18.0 Å². The van der Waals surface area contributed by atoms with Gasteiger partial charge in [0.05, 0.1) is 5.57 Å². The Labute approximate surface area is 121 Å². The van der Waals surface area contributed by atoms with Gasteiger partial charge in [0.15, 0.2) is 5.78 Å². The first-order chi connectivity index (χ1) is 9.65. The van der Waals surface area contributed by atoms with Crippen LogP contribution in [0.15, 0.2) is 45.6 Å². The molecular formula is C14H13ClN4O. The van der Waals surface area contributed by atoms with Crippen LogP contribution in [0, 0.1) is 0 Å². The number of aliphatic imine (C=N–C) groups is 1. The second-order valence-corrected chi connectivity index (χ2v) is 5.19. The van der Waals surface area contributed by atoms with E-state index in [2.05, 4.69) is 15.5 Å². The Morgan fingerprint density at radius 3 is 2.90 bits per heavy atom. The highest BCUT2D eigenvalue weighted by Crippen LogP contribution is 2.36. The maximum absolute atomic E-state index is 12.3. The summed E-state index contributed by atoms with van der Waals surface area (Å²) < 4.78 is 0. The topological polar surface area (TPSA) is 79.8 Å². The van der Waals surface area contributed by atoms with E-state index in [0.717, 1.165) is 11.3 Å². The number of nitrogens with one attached hydrogen (secondary N) is 1. The van der Waals surface area contributed by atoms with Crippen molar-refractivity contribution in [2.75, 3.05) is 0 Å². The van der Waals surface area contributed by atoms with Gasteiger partial charge in [-0.1, -0.05) is 29.8 Å². The van der Waals surface area contributed by atoms with Crippen molar-refractivity contribution in [2.45, 2.75) is 18.8 Å². The Balaban J connectivity index is 1.95. The van der Waals surface area contributed by atoms with E-state index < -0.39 is 0 Å². The van der Waals surface area contributed by atoms with Gasteiger partial charge in [0.25, 0.3) is 0 Å². The molecule has 1 heterocycles. The molecule has 0 saturated carbocycles. The number of allylic oxidation sites excluding steroid dienone is 2. The zero-order valence-electron chi connectivity index (χ0n) is 10.6. The number of ketones is 1. The molecule has 1 aliphatic heterocycles. The van der Waals surface area contributed by atoms with Crippen molar-refractivity contribution in [3.8, 4) is 0 Å². The molecule has 5 nitrogen and oxygen atoms in total. The van der Waals surface area contributed by atoms with Crippen molar-refractivity contribution < 1.29 is 4.79 Å². The summed E-state index contributed by atoms with van der Waals surface area (Å²) in [6, 6.07) is 7.59. The lowest BCUT2D eigenvalue weighted by molar-refractivity contribution is -0.115. The number of guanidine groups is 1. The predicted molar refractivity (Wildman–Crippen MR) is 78.7 cm³/mol. The van der Waals surface area contributed by atoms with Crippen LogP contribution in [0.5, 0.6) is 0 Å². The second kappa shape index (κ2) is 5.09. The molecule has 102 valence electrons. The van der Waals surface area contributed by atoms with E-state index in [1.54, 1.807) is 0 Å². The fourth-order valence-corrected chi connectivity index (χ4v) is 2.79. The third kappa shape index (κ3) is 2.32. The summed E-state index contributed by atoms with van der Waals surface area (Å²) in [5.74, 6) is 0.184.